The number of carbonyl (C=O) groups is 2. The number of halogens is 1. The van der Waals surface area contributed by atoms with E-state index in [2.05, 4.69) is 52.4 Å². The van der Waals surface area contributed by atoms with E-state index in [1.165, 1.54) is 11.1 Å². The summed E-state index contributed by atoms with van der Waals surface area (Å²) in [7, 11) is 0. The largest absolute Gasteiger partial charge is 0.352 e. The highest BCUT2D eigenvalue weighted by molar-refractivity contribution is 9.10. The van der Waals surface area contributed by atoms with Crippen LogP contribution >= 0.6 is 27.7 Å². The first-order chi connectivity index (χ1) is 13.8. The Morgan fingerprint density at radius 1 is 1.07 bits per heavy atom. The Bertz CT molecular complexity index is 824. The van der Waals surface area contributed by atoms with Gasteiger partial charge in [0.15, 0.2) is 0 Å². The summed E-state index contributed by atoms with van der Waals surface area (Å²) in [5.74, 6) is 0.935. The van der Waals surface area contributed by atoms with Crippen LogP contribution in [0, 0.1) is 6.92 Å². The molecule has 6 heteroatoms. The lowest BCUT2D eigenvalue weighted by molar-refractivity contribution is -0.138. The van der Waals surface area contributed by atoms with Crippen molar-refractivity contribution in [1.82, 2.24) is 10.2 Å². The van der Waals surface area contributed by atoms with Gasteiger partial charge in [0.05, 0.1) is 5.75 Å². The topological polar surface area (TPSA) is 49.4 Å². The van der Waals surface area contributed by atoms with Crippen molar-refractivity contribution in [3.63, 3.8) is 0 Å². The van der Waals surface area contributed by atoms with Crippen LogP contribution in [-0.2, 0) is 21.9 Å². The van der Waals surface area contributed by atoms with Gasteiger partial charge in [0.2, 0.25) is 11.8 Å². The molecule has 0 spiro atoms. The Morgan fingerprint density at radius 3 is 2.38 bits per heavy atom. The van der Waals surface area contributed by atoms with E-state index in [1.807, 2.05) is 38.1 Å². The molecule has 0 bridgehead atoms. The summed E-state index contributed by atoms with van der Waals surface area (Å²) in [5, 5.41) is 2.91. The number of nitrogens with zero attached hydrogens (tertiary/aromatic N) is 1. The van der Waals surface area contributed by atoms with E-state index < -0.39 is 6.04 Å². The normalized spacial score (nSPS) is 11.9. The van der Waals surface area contributed by atoms with E-state index >= 15 is 0 Å². The lowest BCUT2D eigenvalue weighted by Crippen LogP contribution is -2.49. The molecule has 0 aliphatic carbocycles. The first-order valence-electron chi connectivity index (χ1n) is 9.74. The minimum absolute atomic E-state index is 0.0312. The van der Waals surface area contributed by atoms with Crippen molar-refractivity contribution in [2.75, 3.05) is 5.75 Å². The average molecular weight is 477 g/mol. The van der Waals surface area contributed by atoms with Crippen molar-refractivity contribution in [3.8, 4) is 0 Å². The number of aryl methyl sites for hydroxylation is 1. The van der Waals surface area contributed by atoms with E-state index in [1.54, 1.807) is 23.6 Å². The number of hydrogen-bond donors (Lipinski definition) is 1. The molecule has 4 nitrogen and oxygen atoms in total. The van der Waals surface area contributed by atoms with Gasteiger partial charge in [0.25, 0.3) is 0 Å². The van der Waals surface area contributed by atoms with Crippen molar-refractivity contribution < 1.29 is 9.59 Å². The molecular formula is C23H29BrN2O2S. The van der Waals surface area contributed by atoms with Gasteiger partial charge in [-0.2, -0.15) is 0 Å². The predicted octanol–water partition coefficient (Wildman–Crippen LogP) is 4.93. The summed E-state index contributed by atoms with van der Waals surface area (Å²) in [5.41, 5.74) is 3.40. The number of benzene rings is 2. The zero-order valence-corrected chi connectivity index (χ0v) is 19.8. The molecule has 0 saturated carbocycles. The fraction of sp³-hybridized carbons (Fsp3) is 0.391. The number of thioether (sulfide) groups is 1. The van der Waals surface area contributed by atoms with Gasteiger partial charge in [-0.1, -0.05) is 57.9 Å². The summed E-state index contributed by atoms with van der Waals surface area (Å²) < 4.78 is 0.954. The molecule has 156 valence electrons. The summed E-state index contributed by atoms with van der Waals surface area (Å²) in [6.45, 7) is 8.09. The van der Waals surface area contributed by atoms with Gasteiger partial charge in [0.1, 0.15) is 6.04 Å². The molecule has 2 amide bonds. The van der Waals surface area contributed by atoms with Gasteiger partial charge < -0.3 is 10.2 Å². The van der Waals surface area contributed by atoms with Crippen molar-refractivity contribution >= 4 is 39.5 Å². The number of carbonyl (C=O) groups excluding carboxylic acids is 2. The number of nitrogens with one attached hydrogen (secondary N) is 1. The molecule has 0 aliphatic heterocycles. The molecule has 0 aromatic heterocycles. The zero-order valence-electron chi connectivity index (χ0n) is 17.4. The van der Waals surface area contributed by atoms with Gasteiger partial charge in [0, 0.05) is 22.8 Å². The Balaban J connectivity index is 2.06. The van der Waals surface area contributed by atoms with E-state index in [9.17, 15) is 9.59 Å². The molecule has 0 radical (unpaired) electrons. The summed E-state index contributed by atoms with van der Waals surface area (Å²) >= 11 is 5.05. The maximum Gasteiger partial charge on any atom is 0.242 e. The molecule has 0 fully saturated rings. The van der Waals surface area contributed by atoms with Crippen LogP contribution in [0.2, 0.25) is 0 Å². The quantitative estimate of drug-likeness (QED) is 0.557. The summed E-state index contributed by atoms with van der Waals surface area (Å²) in [6.07, 6.45) is 0. The first kappa shape index (κ1) is 23.5. The Labute approximate surface area is 186 Å². The van der Waals surface area contributed by atoms with Crippen LogP contribution in [0.15, 0.2) is 53.0 Å². The smallest absolute Gasteiger partial charge is 0.242 e. The highest BCUT2D eigenvalue weighted by Gasteiger charge is 2.26. The molecule has 0 heterocycles. The summed E-state index contributed by atoms with van der Waals surface area (Å²) in [6, 6.07) is 15.7. The molecule has 2 rings (SSSR count). The van der Waals surface area contributed by atoms with Crippen molar-refractivity contribution in [2.24, 2.45) is 0 Å². The zero-order chi connectivity index (χ0) is 21.4. The second-order valence-electron chi connectivity index (χ2n) is 7.47. The third-order valence-electron chi connectivity index (χ3n) is 4.46. The molecule has 1 atom stereocenters. The van der Waals surface area contributed by atoms with Crippen LogP contribution in [0.4, 0.5) is 0 Å². The molecular weight excluding hydrogens is 448 g/mol. The fourth-order valence-corrected chi connectivity index (χ4v) is 4.16. The Morgan fingerprint density at radius 2 is 1.76 bits per heavy atom. The minimum Gasteiger partial charge on any atom is -0.352 e. The molecule has 29 heavy (non-hydrogen) atoms. The fourth-order valence-electron chi connectivity index (χ4n) is 2.84. The van der Waals surface area contributed by atoms with Crippen LogP contribution in [0.25, 0.3) is 0 Å². The van der Waals surface area contributed by atoms with Gasteiger partial charge in [-0.25, -0.2) is 0 Å². The Kier molecular flexibility index (Phi) is 9.24. The minimum atomic E-state index is -0.538. The van der Waals surface area contributed by atoms with E-state index in [-0.39, 0.29) is 17.9 Å². The molecule has 0 saturated heterocycles. The number of hydrogen-bond acceptors (Lipinski definition) is 3. The second kappa shape index (κ2) is 11.4. The highest BCUT2D eigenvalue weighted by Crippen LogP contribution is 2.18. The first-order valence-corrected chi connectivity index (χ1v) is 11.7. The number of amides is 2. The van der Waals surface area contributed by atoms with Crippen LogP contribution in [0.3, 0.4) is 0 Å². The maximum absolute atomic E-state index is 13.0. The van der Waals surface area contributed by atoms with Crippen LogP contribution in [-0.4, -0.2) is 34.6 Å². The van der Waals surface area contributed by atoms with Crippen molar-refractivity contribution in [2.45, 2.75) is 52.1 Å². The van der Waals surface area contributed by atoms with Gasteiger partial charge >= 0.3 is 0 Å². The standard InChI is InChI=1S/C23H29BrN2O2S/c1-16(2)25-23(28)18(4)26(13-20-6-5-7-21(24)12-20)22(27)15-29-14-19-10-8-17(3)9-11-19/h5-12,16,18H,13-15H2,1-4H3,(H,25,28). The van der Waals surface area contributed by atoms with E-state index in [0.29, 0.717) is 12.3 Å². The lowest BCUT2D eigenvalue weighted by atomic mass is 10.1. The van der Waals surface area contributed by atoms with Crippen molar-refractivity contribution in [3.05, 3.63) is 69.7 Å². The molecule has 2 aromatic carbocycles. The molecule has 1 unspecified atom stereocenters. The third kappa shape index (κ3) is 7.86. The van der Waals surface area contributed by atoms with Gasteiger partial charge in [-0.15, -0.1) is 11.8 Å². The monoisotopic (exact) mass is 476 g/mol. The number of rotatable bonds is 9. The van der Waals surface area contributed by atoms with E-state index in [4.69, 9.17) is 0 Å². The van der Waals surface area contributed by atoms with Gasteiger partial charge in [-0.05, 0) is 51.0 Å². The predicted molar refractivity (Wildman–Crippen MR) is 125 cm³/mol. The lowest BCUT2D eigenvalue weighted by Gasteiger charge is -2.29. The SMILES string of the molecule is Cc1ccc(CSCC(=O)N(Cc2cccc(Br)c2)C(C)C(=O)NC(C)C)cc1. The van der Waals surface area contributed by atoms with Crippen molar-refractivity contribution in [1.29, 1.82) is 0 Å². The van der Waals surface area contributed by atoms with Crippen LogP contribution in [0.1, 0.15) is 37.5 Å². The van der Waals surface area contributed by atoms with Crippen LogP contribution < -0.4 is 5.32 Å². The molecule has 0 aliphatic rings. The summed E-state index contributed by atoms with van der Waals surface area (Å²) in [4.78, 5) is 27.3. The molecule has 1 N–H and O–H groups in total. The van der Waals surface area contributed by atoms with E-state index in [0.717, 1.165) is 15.8 Å². The third-order valence-corrected chi connectivity index (χ3v) is 5.94. The van der Waals surface area contributed by atoms with Crippen LogP contribution in [0.5, 0.6) is 0 Å². The average Bonchev–Trinajstić information content (AvgIpc) is 2.66. The Hall–Kier alpha value is -1.79. The van der Waals surface area contributed by atoms with Gasteiger partial charge in [-0.3, -0.25) is 9.59 Å². The highest BCUT2D eigenvalue weighted by atomic mass is 79.9. The molecule has 2 aromatic rings. The maximum atomic E-state index is 13.0. The second-order valence-corrected chi connectivity index (χ2v) is 9.37.